The number of nitrogens with one attached hydrogen (secondary N) is 2. The Morgan fingerprint density at radius 2 is 2.10 bits per heavy atom. The number of hydrogen-bond donors (Lipinski definition) is 2. The van der Waals surface area contributed by atoms with Gasteiger partial charge in [-0.05, 0) is 25.4 Å². The van der Waals surface area contributed by atoms with Gasteiger partial charge >= 0.3 is 0 Å². The largest absolute Gasteiger partial charge is 0.351 e. The van der Waals surface area contributed by atoms with Crippen molar-refractivity contribution in [3.63, 3.8) is 0 Å². The lowest BCUT2D eigenvalue weighted by atomic mass is 10.1. The summed E-state index contributed by atoms with van der Waals surface area (Å²) in [6.07, 6.45) is 3.04. The monoisotopic (exact) mass is 289 g/mol. The van der Waals surface area contributed by atoms with Crippen LogP contribution in [0.1, 0.15) is 22.5 Å². The summed E-state index contributed by atoms with van der Waals surface area (Å²) in [4.78, 5) is 12.1. The standard InChI is InChI=1S/C15H19N3OS/c1-11-13(12-7-4-3-5-8-12)17-18-14(11)15(19)16-9-6-10-20-2/h3-5,7-8H,6,9-10H2,1-2H3,(H,16,19)(H,17,18). The highest BCUT2D eigenvalue weighted by Gasteiger charge is 2.16. The first-order valence-electron chi connectivity index (χ1n) is 6.61. The van der Waals surface area contributed by atoms with Crippen LogP contribution >= 0.6 is 11.8 Å². The normalized spacial score (nSPS) is 10.5. The summed E-state index contributed by atoms with van der Waals surface area (Å²) in [6.45, 7) is 2.61. The Balaban J connectivity index is 2.07. The van der Waals surface area contributed by atoms with Crippen molar-refractivity contribution < 1.29 is 4.79 Å². The minimum Gasteiger partial charge on any atom is -0.351 e. The summed E-state index contributed by atoms with van der Waals surface area (Å²) in [6, 6.07) is 9.87. The van der Waals surface area contributed by atoms with Gasteiger partial charge in [0.25, 0.3) is 5.91 Å². The molecule has 5 heteroatoms. The molecule has 4 nitrogen and oxygen atoms in total. The Morgan fingerprint density at radius 3 is 2.80 bits per heavy atom. The average molecular weight is 289 g/mol. The number of rotatable bonds is 6. The molecule has 20 heavy (non-hydrogen) atoms. The Labute approximate surface area is 123 Å². The number of aromatic amines is 1. The van der Waals surface area contributed by atoms with Gasteiger partial charge in [0.05, 0.1) is 5.69 Å². The molecule has 0 aliphatic carbocycles. The number of aromatic nitrogens is 2. The molecule has 0 saturated heterocycles. The average Bonchev–Trinajstić information content (AvgIpc) is 2.86. The molecule has 1 heterocycles. The maximum Gasteiger partial charge on any atom is 0.269 e. The third kappa shape index (κ3) is 3.42. The summed E-state index contributed by atoms with van der Waals surface area (Å²) < 4.78 is 0. The van der Waals surface area contributed by atoms with Crippen LogP contribution in [0.5, 0.6) is 0 Å². The molecule has 0 bridgehead atoms. The zero-order chi connectivity index (χ0) is 14.4. The summed E-state index contributed by atoms with van der Waals surface area (Å²) in [7, 11) is 0. The molecule has 2 N–H and O–H groups in total. The second-order valence-corrected chi connectivity index (χ2v) is 5.53. The van der Waals surface area contributed by atoms with Gasteiger partial charge < -0.3 is 5.32 Å². The summed E-state index contributed by atoms with van der Waals surface area (Å²) in [5.41, 5.74) is 3.29. The topological polar surface area (TPSA) is 57.8 Å². The number of hydrogen-bond acceptors (Lipinski definition) is 3. The van der Waals surface area contributed by atoms with Crippen molar-refractivity contribution in [3.05, 3.63) is 41.6 Å². The van der Waals surface area contributed by atoms with E-state index in [2.05, 4.69) is 21.8 Å². The summed E-state index contributed by atoms with van der Waals surface area (Å²) >= 11 is 1.78. The quantitative estimate of drug-likeness (QED) is 0.804. The lowest BCUT2D eigenvalue weighted by Gasteiger charge is -2.03. The third-order valence-electron chi connectivity index (χ3n) is 3.09. The van der Waals surface area contributed by atoms with Crippen LogP contribution < -0.4 is 5.32 Å². The van der Waals surface area contributed by atoms with E-state index in [1.54, 1.807) is 11.8 Å². The number of thioether (sulfide) groups is 1. The summed E-state index contributed by atoms with van der Waals surface area (Å²) in [5, 5.41) is 10.0. The van der Waals surface area contributed by atoms with E-state index in [1.165, 1.54) is 0 Å². The van der Waals surface area contributed by atoms with Gasteiger partial charge in [-0.3, -0.25) is 9.89 Å². The molecule has 0 saturated carbocycles. The van der Waals surface area contributed by atoms with Crippen molar-refractivity contribution in [2.45, 2.75) is 13.3 Å². The molecule has 1 aromatic heterocycles. The molecular formula is C15H19N3OS. The Hall–Kier alpha value is -1.75. The second kappa shape index (κ2) is 7.14. The minimum atomic E-state index is -0.0849. The fraction of sp³-hybridized carbons (Fsp3) is 0.333. The predicted molar refractivity (Wildman–Crippen MR) is 84.1 cm³/mol. The van der Waals surface area contributed by atoms with Crippen molar-refractivity contribution in [2.24, 2.45) is 0 Å². The van der Waals surface area contributed by atoms with Gasteiger partial charge in [-0.2, -0.15) is 16.9 Å². The molecule has 2 aromatic rings. The van der Waals surface area contributed by atoms with Crippen molar-refractivity contribution in [2.75, 3.05) is 18.6 Å². The molecule has 0 spiro atoms. The fourth-order valence-corrected chi connectivity index (χ4v) is 2.44. The van der Waals surface area contributed by atoms with E-state index in [9.17, 15) is 4.79 Å². The Kier molecular flexibility index (Phi) is 5.24. The van der Waals surface area contributed by atoms with Gasteiger partial charge in [0.2, 0.25) is 0 Å². The van der Waals surface area contributed by atoms with Crippen LogP contribution in [0.2, 0.25) is 0 Å². The number of nitrogens with zero attached hydrogens (tertiary/aromatic N) is 1. The first-order chi connectivity index (χ1) is 9.74. The third-order valence-corrected chi connectivity index (χ3v) is 3.79. The van der Waals surface area contributed by atoms with Crippen LogP contribution in [-0.2, 0) is 0 Å². The lowest BCUT2D eigenvalue weighted by Crippen LogP contribution is -2.25. The van der Waals surface area contributed by atoms with E-state index in [1.807, 2.05) is 37.3 Å². The van der Waals surface area contributed by atoms with Crippen molar-refractivity contribution in [1.29, 1.82) is 0 Å². The highest BCUT2D eigenvalue weighted by atomic mass is 32.2. The van der Waals surface area contributed by atoms with Gasteiger partial charge in [0, 0.05) is 17.7 Å². The number of benzene rings is 1. The molecule has 106 valence electrons. The first kappa shape index (κ1) is 14.7. The molecule has 0 aliphatic rings. The highest BCUT2D eigenvalue weighted by Crippen LogP contribution is 2.22. The van der Waals surface area contributed by atoms with Crippen LogP contribution in [0.25, 0.3) is 11.3 Å². The van der Waals surface area contributed by atoms with Crippen LogP contribution in [0.3, 0.4) is 0 Å². The van der Waals surface area contributed by atoms with E-state index in [-0.39, 0.29) is 5.91 Å². The zero-order valence-corrected chi connectivity index (χ0v) is 12.6. The molecule has 2 rings (SSSR count). The van der Waals surface area contributed by atoms with E-state index in [0.717, 1.165) is 29.0 Å². The molecule has 0 aliphatic heterocycles. The van der Waals surface area contributed by atoms with Crippen molar-refractivity contribution in [1.82, 2.24) is 15.5 Å². The summed E-state index contributed by atoms with van der Waals surface area (Å²) in [5.74, 6) is 0.968. The molecule has 0 atom stereocenters. The van der Waals surface area contributed by atoms with Gasteiger partial charge in [0.1, 0.15) is 5.69 Å². The lowest BCUT2D eigenvalue weighted by molar-refractivity contribution is 0.0948. The van der Waals surface area contributed by atoms with E-state index in [4.69, 9.17) is 0 Å². The Bertz CT molecular complexity index is 566. The maximum atomic E-state index is 12.1. The highest BCUT2D eigenvalue weighted by molar-refractivity contribution is 7.98. The molecule has 0 radical (unpaired) electrons. The number of carbonyl (C=O) groups excluding carboxylic acids is 1. The molecule has 1 amide bonds. The van der Waals surface area contributed by atoms with E-state index >= 15 is 0 Å². The van der Waals surface area contributed by atoms with E-state index in [0.29, 0.717) is 12.2 Å². The van der Waals surface area contributed by atoms with Crippen LogP contribution in [0.15, 0.2) is 30.3 Å². The van der Waals surface area contributed by atoms with Gasteiger partial charge in [-0.15, -0.1) is 0 Å². The number of H-pyrrole nitrogens is 1. The van der Waals surface area contributed by atoms with Gasteiger partial charge in [-0.25, -0.2) is 0 Å². The van der Waals surface area contributed by atoms with Crippen LogP contribution in [0.4, 0.5) is 0 Å². The predicted octanol–water partition coefficient (Wildman–Crippen LogP) is 2.87. The van der Waals surface area contributed by atoms with Crippen LogP contribution in [-0.4, -0.2) is 34.7 Å². The molecule has 0 fully saturated rings. The number of amides is 1. The SMILES string of the molecule is CSCCCNC(=O)c1[nH]nc(-c2ccccc2)c1C. The van der Waals surface area contributed by atoms with Gasteiger partial charge in [0.15, 0.2) is 0 Å². The fourth-order valence-electron chi connectivity index (χ4n) is 2.00. The zero-order valence-electron chi connectivity index (χ0n) is 11.8. The molecule has 0 unspecified atom stereocenters. The van der Waals surface area contributed by atoms with Crippen molar-refractivity contribution >= 4 is 17.7 Å². The minimum absolute atomic E-state index is 0.0849. The Morgan fingerprint density at radius 1 is 1.35 bits per heavy atom. The second-order valence-electron chi connectivity index (χ2n) is 4.54. The van der Waals surface area contributed by atoms with E-state index < -0.39 is 0 Å². The first-order valence-corrected chi connectivity index (χ1v) is 8.01. The molecule has 1 aromatic carbocycles. The van der Waals surface area contributed by atoms with Crippen molar-refractivity contribution in [3.8, 4) is 11.3 Å². The molecular weight excluding hydrogens is 270 g/mol. The maximum absolute atomic E-state index is 12.1. The van der Waals surface area contributed by atoms with Gasteiger partial charge in [-0.1, -0.05) is 30.3 Å². The smallest absolute Gasteiger partial charge is 0.269 e. The van der Waals surface area contributed by atoms with Crippen LogP contribution in [0, 0.1) is 6.92 Å². The number of carbonyl (C=O) groups is 1.